The Morgan fingerprint density at radius 3 is 2.44 bits per heavy atom. The van der Waals surface area contributed by atoms with Crippen LogP contribution >= 0.6 is 0 Å². The zero-order valence-corrected chi connectivity index (χ0v) is 11.6. The van der Waals surface area contributed by atoms with Crippen molar-refractivity contribution in [3.8, 4) is 0 Å². The highest BCUT2D eigenvalue weighted by Crippen LogP contribution is 2.22. The lowest BCUT2D eigenvalue weighted by Crippen LogP contribution is -2.43. The minimum atomic E-state index is 0.0582. The van der Waals surface area contributed by atoms with Crippen LogP contribution in [0.5, 0.6) is 0 Å². The zero-order chi connectivity index (χ0) is 13.2. The van der Waals surface area contributed by atoms with E-state index in [0.717, 1.165) is 19.3 Å². The highest BCUT2D eigenvalue weighted by atomic mass is 16.5. The first-order valence-electron chi connectivity index (χ1n) is 7.27. The van der Waals surface area contributed by atoms with Gasteiger partial charge in [0.25, 0.3) is 0 Å². The van der Waals surface area contributed by atoms with Gasteiger partial charge >= 0.3 is 0 Å². The second-order valence-corrected chi connectivity index (χ2v) is 5.26. The summed E-state index contributed by atoms with van der Waals surface area (Å²) in [7, 11) is 1.67. The van der Waals surface area contributed by atoms with Crippen LogP contribution in [0.25, 0.3) is 0 Å². The van der Waals surface area contributed by atoms with Crippen LogP contribution in [0.3, 0.4) is 0 Å². The van der Waals surface area contributed by atoms with Gasteiger partial charge in [-0.05, 0) is 19.3 Å². The molecule has 4 nitrogen and oxygen atoms in total. The first kappa shape index (κ1) is 15.4. The van der Waals surface area contributed by atoms with E-state index in [2.05, 4.69) is 5.32 Å². The van der Waals surface area contributed by atoms with Gasteiger partial charge < -0.3 is 15.8 Å². The number of amides is 1. The Labute approximate surface area is 111 Å². The fraction of sp³-hybridized carbons (Fsp3) is 0.929. The first-order chi connectivity index (χ1) is 8.77. The Hall–Kier alpha value is -0.610. The highest BCUT2D eigenvalue weighted by Gasteiger charge is 2.21. The first-order valence-corrected chi connectivity index (χ1v) is 7.27. The maximum absolute atomic E-state index is 12.2. The Bertz CT molecular complexity index is 226. The van der Waals surface area contributed by atoms with Crippen LogP contribution in [0.1, 0.15) is 51.4 Å². The minimum absolute atomic E-state index is 0.0582. The second-order valence-electron chi connectivity index (χ2n) is 5.26. The number of rotatable bonds is 6. The molecule has 0 bridgehead atoms. The molecule has 0 aromatic rings. The van der Waals surface area contributed by atoms with Crippen molar-refractivity contribution in [2.24, 2.45) is 11.7 Å². The van der Waals surface area contributed by atoms with Gasteiger partial charge in [-0.1, -0.05) is 32.1 Å². The summed E-state index contributed by atoms with van der Waals surface area (Å²) in [6.07, 6.45) is 9.11. The third-order valence-electron chi connectivity index (χ3n) is 3.78. The Morgan fingerprint density at radius 1 is 1.28 bits per heavy atom. The quantitative estimate of drug-likeness (QED) is 0.762. The molecule has 1 unspecified atom stereocenters. The van der Waals surface area contributed by atoms with Gasteiger partial charge in [-0.2, -0.15) is 0 Å². The number of nitrogens with two attached hydrogens (primary N) is 1. The molecule has 1 amide bonds. The van der Waals surface area contributed by atoms with E-state index in [-0.39, 0.29) is 17.9 Å². The number of ether oxygens (including phenoxy) is 1. The molecule has 1 aliphatic rings. The average molecular weight is 256 g/mol. The highest BCUT2D eigenvalue weighted by molar-refractivity contribution is 5.78. The molecule has 4 heteroatoms. The van der Waals surface area contributed by atoms with E-state index in [1.807, 2.05) is 0 Å². The second kappa shape index (κ2) is 9.34. The Kier molecular flexibility index (Phi) is 8.01. The van der Waals surface area contributed by atoms with Crippen molar-refractivity contribution < 1.29 is 9.53 Å². The number of carbonyl (C=O) groups is 1. The number of hydrogen-bond donors (Lipinski definition) is 2. The lowest BCUT2D eigenvalue weighted by atomic mass is 9.90. The molecule has 0 heterocycles. The fourth-order valence-corrected chi connectivity index (χ4v) is 2.55. The molecule has 1 saturated carbocycles. The van der Waals surface area contributed by atoms with Crippen molar-refractivity contribution in [3.63, 3.8) is 0 Å². The molecular weight excluding hydrogens is 228 g/mol. The molecule has 1 aliphatic carbocycles. The van der Waals surface area contributed by atoms with Crippen molar-refractivity contribution in [2.75, 3.05) is 20.3 Å². The largest absolute Gasteiger partial charge is 0.385 e. The summed E-state index contributed by atoms with van der Waals surface area (Å²) < 4.78 is 5.03. The molecule has 0 aromatic heterocycles. The van der Waals surface area contributed by atoms with Crippen molar-refractivity contribution in [1.82, 2.24) is 5.32 Å². The van der Waals surface area contributed by atoms with Crippen molar-refractivity contribution in [3.05, 3.63) is 0 Å². The predicted octanol–water partition coefficient (Wildman–Crippen LogP) is 1.83. The minimum Gasteiger partial charge on any atom is -0.385 e. The normalized spacial score (nSPS) is 19.9. The number of nitrogens with one attached hydrogen (secondary N) is 1. The molecule has 1 atom stereocenters. The van der Waals surface area contributed by atoms with E-state index >= 15 is 0 Å². The molecule has 1 fully saturated rings. The predicted molar refractivity (Wildman–Crippen MR) is 73.3 cm³/mol. The molecule has 0 aromatic carbocycles. The van der Waals surface area contributed by atoms with E-state index in [9.17, 15) is 4.79 Å². The summed E-state index contributed by atoms with van der Waals surface area (Å²) in [5, 5.41) is 3.08. The van der Waals surface area contributed by atoms with Gasteiger partial charge in [-0.15, -0.1) is 0 Å². The summed E-state index contributed by atoms with van der Waals surface area (Å²) in [6, 6.07) is 0.0582. The smallest absolute Gasteiger partial charge is 0.223 e. The fourth-order valence-electron chi connectivity index (χ4n) is 2.55. The van der Waals surface area contributed by atoms with Gasteiger partial charge in [0, 0.05) is 32.2 Å². The zero-order valence-electron chi connectivity index (χ0n) is 11.6. The SMILES string of the molecule is COCCC(CN)NC(=O)C1CCCCCCC1. The summed E-state index contributed by atoms with van der Waals surface area (Å²) in [5.41, 5.74) is 5.68. The Balaban J connectivity index is 2.35. The molecular formula is C14H28N2O2. The topological polar surface area (TPSA) is 64.3 Å². The number of methoxy groups -OCH3 is 1. The van der Waals surface area contributed by atoms with Gasteiger partial charge in [-0.3, -0.25) is 4.79 Å². The van der Waals surface area contributed by atoms with Gasteiger partial charge in [0.05, 0.1) is 0 Å². The van der Waals surface area contributed by atoms with Crippen molar-refractivity contribution in [1.29, 1.82) is 0 Å². The van der Waals surface area contributed by atoms with E-state index in [0.29, 0.717) is 13.2 Å². The van der Waals surface area contributed by atoms with Crippen LogP contribution in [-0.2, 0) is 9.53 Å². The molecule has 0 spiro atoms. The summed E-state index contributed by atoms with van der Waals surface area (Å²) in [5.74, 6) is 0.394. The molecule has 18 heavy (non-hydrogen) atoms. The van der Waals surface area contributed by atoms with E-state index in [4.69, 9.17) is 10.5 Å². The van der Waals surface area contributed by atoms with Gasteiger partial charge in [0.2, 0.25) is 5.91 Å². The van der Waals surface area contributed by atoms with Crippen molar-refractivity contribution >= 4 is 5.91 Å². The summed E-state index contributed by atoms with van der Waals surface area (Å²) in [6.45, 7) is 1.13. The molecule has 106 valence electrons. The van der Waals surface area contributed by atoms with Crippen LogP contribution in [0, 0.1) is 5.92 Å². The third kappa shape index (κ3) is 5.83. The maximum Gasteiger partial charge on any atom is 0.223 e. The lowest BCUT2D eigenvalue weighted by Gasteiger charge is -2.23. The van der Waals surface area contributed by atoms with Crippen LogP contribution in [-0.4, -0.2) is 32.2 Å². The monoisotopic (exact) mass is 256 g/mol. The molecule has 0 aliphatic heterocycles. The molecule has 1 rings (SSSR count). The van der Waals surface area contributed by atoms with Crippen LogP contribution < -0.4 is 11.1 Å². The molecule has 3 N–H and O–H groups in total. The molecule has 0 radical (unpaired) electrons. The van der Waals surface area contributed by atoms with Gasteiger partial charge in [0.15, 0.2) is 0 Å². The maximum atomic E-state index is 12.2. The van der Waals surface area contributed by atoms with Crippen LogP contribution in [0.15, 0.2) is 0 Å². The summed E-state index contributed by atoms with van der Waals surface area (Å²) >= 11 is 0. The van der Waals surface area contributed by atoms with Gasteiger partial charge in [0.1, 0.15) is 0 Å². The van der Waals surface area contributed by atoms with Crippen LogP contribution in [0.2, 0.25) is 0 Å². The van der Waals surface area contributed by atoms with E-state index < -0.39 is 0 Å². The standard InChI is InChI=1S/C14H28N2O2/c1-18-10-9-13(11-15)16-14(17)12-7-5-3-2-4-6-8-12/h12-13H,2-11,15H2,1H3,(H,16,17). The Morgan fingerprint density at radius 2 is 1.89 bits per heavy atom. The lowest BCUT2D eigenvalue weighted by molar-refractivity contribution is -0.126. The van der Waals surface area contributed by atoms with E-state index in [1.54, 1.807) is 7.11 Å². The average Bonchev–Trinajstić information content (AvgIpc) is 2.33. The van der Waals surface area contributed by atoms with E-state index in [1.165, 1.54) is 32.1 Å². The number of carbonyl (C=O) groups excluding carboxylic acids is 1. The number of hydrogen-bond acceptors (Lipinski definition) is 3. The summed E-state index contributed by atoms with van der Waals surface area (Å²) in [4.78, 5) is 12.2. The van der Waals surface area contributed by atoms with Crippen molar-refractivity contribution in [2.45, 2.75) is 57.4 Å². The third-order valence-corrected chi connectivity index (χ3v) is 3.78. The van der Waals surface area contributed by atoms with Gasteiger partial charge in [-0.25, -0.2) is 0 Å². The van der Waals surface area contributed by atoms with Crippen LogP contribution in [0.4, 0.5) is 0 Å². The molecule has 0 saturated heterocycles.